The van der Waals surface area contributed by atoms with Crippen LogP contribution in [0.25, 0.3) is 5.52 Å². The minimum absolute atomic E-state index is 0.143. The molecule has 0 amide bonds. The molecule has 0 saturated carbocycles. The van der Waals surface area contributed by atoms with Gasteiger partial charge in [-0.15, -0.1) is 0 Å². The normalized spacial score (nSPS) is 10.3. The van der Waals surface area contributed by atoms with Gasteiger partial charge in [-0.2, -0.15) is 5.26 Å². The number of rotatable bonds is 5. The van der Waals surface area contributed by atoms with Crippen molar-refractivity contribution in [3.05, 3.63) is 81.2 Å². The van der Waals surface area contributed by atoms with Gasteiger partial charge < -0.3 is 13.9 Å². The molecule has 0 unspecified atom stereocenters. The van der Waals surface area contributed by atoms with Crippen LogP contribution >= 0.6 is 0 Å². The van der Waals surface area contributed by atoms with E-state index in [0.29, 0.717) is 16.6 Å². The van der Waals surface area contributed by atoms with E-state index in [-0.39, 0.29) is 17.7 Å². The molecule has 1 aromatic carbocycles. The zero-order valence-corrected chi connectivity index (χ0v) is 14.6. The highest BCUT2D eigenvalue weighted by Crippen LogP contribution is 2.21. The Morgan fingerprint density at radius 2 is 1.93 bits per heavy atom. The molecule has 0 aliphatic rings. The first-order valence-corrected chi connectivity index (χ1v) is 7.98. The predicted octanol–water partition coefficient (Wildman–Crippen LogP) is 2.86. The number of nitriles is 1. The number of hydrogen-bond donors (Lipinski definition) is 0. The molecule has 2 aromatic heterocycles. The maximum Gasteiger partial charge on any atom is 0.338 e. The molecule has 0 N–H and O–H groups in total. The van der Waals surface area contributed by atoms with E-state index in [1.165, 1.54) is 0 Å². The van der Waals surface area contributed by atoms with Crippen LogP contribution in [0.5, 0.6) is 0 Å². The van der Waals surface area contributed by atoms with Crippen molar-refractivity contribution in [3.8, 4) is 6.07 Å². The van der Waals surface area contributed by atoms with Gasteiger partial charge in [0.1, 0.15) is 12.7 Å². The van der Waals surface area contributed by atoms with Crippen molar-refractivity contribution in [1.82, 2.24) is 4.40 Å². The third-order valence-electron chi connectivity index (χ3n) is 4.02. The second kappa shape index (κ2) is 7.59. The highest BCUT2D eigenvalue weighted by atomic mass is 16.6. The van der Waals surface area contributed by atoms with Gasteiger partial charge in [0.2, 0.25) is 0 Å². The van der Waals surface area contributed by atoms with Crippen LogP contribution in [0.15, 0.2) is 48.8 Å². The van der Waals surface area contributed by atoms with Gasteiger partial charge in [0.05, 0.1) is 34.2 Å². The molecule has 0 bridgehead atoms. The average Bonchev–Trinajstić information content (AvgIpc) is 3.08. The number of benzene rings is 1. The number of fused-ring (bicyclic) bond motifs is 1. The van der Waals surface area contributed by atoms with Crippen LogP contribution in [0.3, 0.4) is 0 Å². The first kappa shape index (κ1) is 18.6. The van der Waals surface area contributed by atoms with Crippen LogP contribution < -0.4 is 0 Å². The highest BCUT2D eigenvalue weighted by molar-refractivity contribution is 5.96. The number of methoxy groups -OCH3 is 1. The van der Waals surface area contributed by atoms with E-state index < -0.39 is 22.5 Å². The summed E-state index contributed by atoms with van der Waals surface area (Å²) < 4.78 is 11.5. The Morgan fingerprint density at radius 3 is 2.57 bits per heavy atom. The van der Waals surface area contributed by atoms with Crippen molar-refractivity contribution >= 4 is 23.1 Å². The maximum atomic E-state index is 12.4. The number of aromatic nitrogens is 1. The summed E-state index contributed by atoms with van der Waals surface area (Å²) in [5, 5.41) is 20.4. The maximum absolute atomic E-state index is 12.4. The number of nitrogens with zero attached hydrogens (tertiary/aromatic N) is 3. The fraction of sp³-hybridized carbons (Fsp3) is 0.105. The molecule has 0 fully saturated rings. The third kappa shape index (κ3) is 3.52. The van der Waals surface area contributed by atoms with Crippen molar-refractivity contribution in [3.63, 3.8) is 0 Å². The number of hydrogen-bond acceptors (Lipinski definition) is 7. The standard InChI is InChI=1S/C19H13N3O6/c1-27-18(23)12-6-13(8-15(7-12)22(25)26)19(24)28-11-14-10-21-5-3-2-4-17(21)16(14)9-20/h2-8,10H,11H2,1H3. The number of nitro groups is 1. The molecule has 2 heterocycles. The Labute approximate surface area is 158 Å². The fourth-order valence-corrected chi connectivity index (χ4v) is 2.71. The molecule has 0 aliphatic carbocycles. The van der Waals surface area contributed by atoms with Gasteiger partial charge in [-0.3, -0.25) is 10.1 Å². The van der Waals surface area contributed by atoms with Crippen LogP contribution in [-0.4, -0.2) is 28.4 Å². The lowest BCUT2D eigenvalue weighted by atomic mass is 10.1. The molecule has 0 saturated heterocycles. The summed E-state index contributed by atoms with van der Waals surface area (Å²) in [5.41, 5.74) is 0.762. The minimum Gasteiger partial charge on any atom is -0.465 e. The molecule has 140 valence electrons. The molecule has 0 radical (unpaired) electrons. The van der Waals surface area contributed by atoms with E-state index in [9.17, 15) is 25.0 Å². The van der Waals surface area contributed by atoms with E-state index in [1.54, 1.807) is 35.0 Å². The van der Waals surface area contributed by atoms with E-state index in [0.717, 1.165) is 25.3 Å². The predicted molar refractivity (Wildman–Crippen MR) is 95.7 cm³/mol. The molecular weight excluding hydrogens is 366 g/mol. The van der Waals surface area contributed by atoms with Crippen molar-refractivity contribution in [2.45, 2.75) is 6.61 Å². The largest absolute Gasteiger partial charge is 0.465 e. The van der Waals surface area contributed by atoms with Gasteiger partial charge in [-0.05, 0) is 18.2 Å². The zero-order chi connectivity index (χ0) is 20.3. The summed E-state index contributed by atoms with van der Waals surface area (Å²) in [6.07, 6.45) is 3.42. The second-order valence-corrected chi connectivity index (χ2v) is 5.73. The Hall–Kier alpha value is -4.19. The van der Waals surface area contributed by atoms with Gasteiger partial charge in [-0.1, -0.05) is 6.07 Å². The van der Waals surface area contributed by atoms with Gasteiger partial charge in [0.15, 0.2) is 0 Å². The first-order chi connectivity index (χ1) is 13.4. The average molecular weight is 379 g/mol. The Kier molecular flexibility index (Phi) is 5.04. The Balaban J connectivity index is 1.88. The number of carbonyl (C=O) groups is 2. The van der Waals surface area contributed by atoms with Gasteiger partial charge in [0.25, 0.3) is 5.69 Å². The molecule has 9 nitrogen and oxygen atoms in total. The number of ether oxygens (including phenoxy) is 2. The monoisotopic (exact) mass is 379 g/mol. The number of pyridine rings is 1. The van der Waals surface area contributed by atoms with Gasteiger partial charge in [-0.25, -0.2) is 9.59 Å². The first-order valence-electron chi connectivity index (χ1n) is 7.98. The van der Waals surface area contributed by atoms with Crippen molar-refractivity contribution in [2.24, 2.45) is 0 Å². The SMILES string of the molecule is COC(=O)c1cc(C(=O)OCc2cn3ccccc3c2C#N)cc([N+](=O)[O-])c1. The number of nitro benzene ring substituents is 1. The Bertz CT molecular complexity index is 1140. The van der Waals surface area contributed by atoms with Crippen LogP contribution in [-0.2, 0) is 16.1 Å². The van der Waals surface area contributed by atoms with Crippen LogP contribution in [0.1, 0.15) is 31.8 Å². The smallest absolute Gasteiger partial charge is 0.338 e. The molecule has 3 aromatic rings. The summed E-state index contributed by atoms with van der Waals surface area (Å²) in [4.78, 5) is 34.4. The van der Waals surface area contributed by atoms with Gasteiger partial charge >= 0.3 is 11.9 Å². The van der Waals surface area contributed by atoms with E-state index in [2.05, 4.69) is 10.8 Å². The van der Waals surface area contributed by atoms with E-state index in [1.807, 2.05) is 0 Å². The zero-order valence-electron chi connectivity index (χ0n) is 14.6. The summed E-state index contributed by atoms with van der Waals surface area (Å²) >= 11 is 0. The second-order valence-electron chi connectivity index (χ2n) is 5.73. The summed E-state index contributed by atoms with van der Waals surface area (Å²) in [5.74, 6) is -1.68. The lowest BCUT2D eigenvalue weighted by Crippen LogP contribution is -2.09. The summed E-state index contributed by atoms with van der Waals surface area (Å²) in [6.45, 7) is -0.209. The molecule has 0 aliphatic heterocycles. The fourth-order valence-electron chi connectivity index (χ4n) is 2.71. The Morgan fingerprint density at radius 1 is 1.21 bits per heavy atom. The third-order valence-corrected chi connectivity index (χ3v) is 4.02. The van der Waals surface area contributed by atoms with Crippen molar-refractivity contribution in [2.75, 3.05) is 7.11 Å². The lowest BCUT2D eigenvalue weighted by molar-refractivity contribution is -0.384. The van der Waals surface area contributed by atoms with Crippen LogP contribution in [0.4, 0.5) is 5.69 Å². The molecule has 0 atom stereocenters. The van der Waals surface area contributed by atoms with Crippen LogP contribution in [0, 0.1) is 21.4 Å². The number of carbonyl (C=O) groups excluding carboxylic acids is 2. The topological polar surface area (TPSA) is 124 Å². The quantitative estimate of drug-likeness (QED) is 0.379. The number of esters is 2. The van der Waals surface area contributed by atoms with Crippen molar-refractivity contribution < 1.29 is 24.0 Å². The lowest BCUT2D eigenvalue weighted by Gasteiger charge is -2.06. The van der Waals surface area contributed by atoms with Crippen molar-refractivity contribution in [1.29, 1.82) is 5.26 Å². The van der Waals surface area contributed by atoms with Crippen LogP contribution in [0.2, 0.25) is 0 Å². The molecule has 28 heavy (non-hydrogen) atoms. The van der Waals surface area contributed by atoms with Gasteiger partial charge in [0, 0.05) is 30.1 Å². The minimum atomic E-state index is -0.868. The summed E-state index contributed by atoms with van der Waals surface area (Å²) in [7, 11) is 1.13. The molecular formula is C19H13N3O6. The molecule has 0 spiro atoms. The highest BCUT2D eigenvalue weighted by Gasteiger charge is 2.20. The molecule has 3 rings (SSSR count). The van der Waals surface area contributed by atoms with E-state index in [4.69, 9.17) is 4.74 Å². The van der Waals surface area contributed by atoms with E-state index >= 15 is 0 Å². The number of non-ortho nitro benzene ring substituents is 1. The summed E-state index contributed by atoms with van der Waals surface area (Å²) in [6, 6.07) is 10.6. The molecule has 9 heteroatoms.